The summed E-state index contributed by atoms with van der Waals surface area (Å²) in [5.41, 5.74) is 1.96. The second-order valence-corrected chi connectivity index (χ2v) is 6.80. The lowest BCUT2D eigenvalue weighted by Crippen LogP contribution is -2.52. The monoisotopic (exact) mass is 327 g/mol. The molecule has 1 N–H and O–H groups in total. The van der Waals surface area contributed by atoms with Crippen LogP contribution in [0.3, 0.4) is 0 Å². The van der Waals surface area contributed by atoms with Crippen LogP contribution in [-0.4, -0.2) is 29.9 Å². The number of morpholine rings is 1. The van der Waals surface area contributed by atoms with Crippen molar-refractivity contribution >= 4 is 21.6 Å². The van der Waals surface area contributed by atoms with Gasteiger partial charge in [-0.25, -0.2) is 0 Å². The number of halogens is 1. The summed E-state index contributed by atoms with van der Waals surface area (Å²) in [4.78, 5) is 2.34. The Morgan fingerprint density at radius 3 is 2.68 bits per heavy atom. The Balaban J connectivity index is 2.24. The van der Waals surface area contributed by atoms with Crippen LogP contribution in [-0.2, 0) is 4.74 Å². The first kappa shape index (κ1) is 14.8. The second kappa shape index (κ2) is 5.43. The van der Waals surface area contributed by atoms with Gasteiger partial charge in [-0.2, -0.15) is 0 Å². The fourth-order valence-corrected chi connectivity index (χ4v) is 3.40. The van der Waals surface area contributed by atoms with Crippen molar-refractivity contribution < 1.29 is 9.84 Å². The lowest BCUT2D eigenvalue weighted by Gasteiger charge is -2.43. The maximum absolute atomic E-state index is 9.67. The normalized spacial score (nSPS) is 24.3. The third kappa shape index (κ3) is 3.50. The Kier molecular flexibility index (Phi) is 4.23. The first-order valence-corrected chi connectivity index (χ1v) is 7.48. The molecule has 106 valence electrons. The van der Waals surface area contributed by atoms with Crippen molar-refractivity contribution in [2.45, 2.75) is 45.5 Å². The van der Waals surface area contributed by atoms with Crippen LogP contribution < -0.4 is 4.90 Å². The Morgan fingerprint density at radius 1 is 1.47 bits per heavy atom. The molecule has 1 heterocycles. The van der Waals surface area contributed by atoms with Crippen LogP contribution in [0.15, 0.2) is 22.7 Å². The fraction of sp³-hybridized carbons (Fsp3) is 0.600. The molecule has 1 aliphatic heterocycles. The number of aliphatic hydroxyl groups is 1. The van der Waals surface area contributed by atoms with E-state index in [2.05, 4.69) is 53.7 Å². The molecule has 1 aromatic carbocycles. The first-order valence-electron chi connectivity index (χ1n) is 6.69. The summed E-state index contributed by atoms with van der Waals surface area (Å²) in [7, 11) is 0. The van der Waals surface area contributed by atoms with E-state index in [0.717, 1.165) is 23.1 Å². The average molecular weight is 328 g/mol. The number of ether oxygens (including phenoxy) is 1. The minimum absolute atomic E-state index is 0.132. The zero-order chi connectivity index (χ0) is 14.2. The number of aliphatic hydroxyl groups excluding tert-OH is 1. The lowest BCUT2D eigenvalue weighted by molar-refractivity contribution is -0.0749. The van der Waals surface area contributed by atoms with Gasteiger partial charge in [0.15, 0.2) is 0 Å². The van der Waals surface area contributed by atoms with Gasteiger partial charge in [-0.15, -0.1) is 0 Å². The van der Waals surface area contributed by atoms with Crippen molar-refractivity contribution in [3.63, 3.8) is 0 Å². The molecule has 1 fully saturated rings. The van der Waals surface area contributed by atoms with Gasteiger partial charge in [0.2, 0.25) is 0 Å². The Hall–Kier alpha value is -0.580. The maximum atomic E-state index is 9.67. The molecule has 0 amide bonds. The van der Waals surface area contributed by atoms with E-state index in [4.69, 9.17) is 4.74 Å². The van der Waals surface area contributed by atoms with Crippen molar-refractivity contribution in [2.75, 3.05) is 18.0 Å². The van der Waals surface area contributed by atoms with E-state index in [1.165, 1.54) is 5.69 Å². The molecule has 0 saturated carbocycles. The molecular weight excluding hydrogens is 306 g/mol. The summed E-state index contributed by atoms with van der Waals surface area (Å²) < 4.78 is 6.88. The Bertz CT molecular complexity index is 459. The molecule has 0 spiro atoms. The molecule has 3 nitrogen and oxygen atoms in total. The van der Waals surface area contributed by atoms with Gasteiger partial charge < -0.3 is 14.7 Å². The van der Waals surface area contributed by atoms with Crippen molar-refractivity contribution in [3.8, 4) is 0 Å². The van der Waals surface area contributed by atoms with Crippen LogP contribution >= 0.6 is 15.9 Å². The lowest BCUT2D eigenvalue weighted by atomic mass is 10.0. The Morgan fingerprint density at radius 2 is 2.16 bits per heavy atom. The molecular formula is C15H22BrNO2. The van der Waals surface area contributed by atoms with E-state index in [1.807, 2.05) is 6.07 Å². The zero-order valence-corrected chi connectivity index (χ0v) is 13.6. The fourth-order valence-electron chi connectivity index (χ4n) is 2.70. The molecule has 1 aromatic rings. The quantitative estimate of drug-likeness (QED) is 0.902. The van der Waals surface area contributed by atoms with Crippen LogP contribution in [0.2, 0.25) is 0 Å². The standard InChI is InChI=1S/C15H22BrNO2/c1-10-8-17(9-15(3,4)19-10)12-5-6-13(11(2)18)14(16)7-12/h5-7,10-11,18H,8-9H2,1-4H3. The van der Waals surface area contributed by atoms with Gasteiger partial charge >= 0.3 is 0 Å². The topological polar surface area (TPSA) is 32.7 Å². The number of hydrogen-bond donors (Lipinski definition) is 1. The summed E-state index contributed by atoms with van der Waals surface area (Å²) in [5, 5.41) is 9.67. The second-order valence-electron chi connectivity index (χ2n) is 5.95. The number of benzene rings is 1. The van der Waals surface area contributed by atoms with Crippen LogP contribution in [0.1, 0.15) is 39.4 Å². The minimum Gasteiger partial charge on any atom is -0.389 e. The van der Waals surface area contributed by atoms with E-state index in [-0.39, 0.29) is 11.7 Å². The van der Waals surface area contributed by atoms with Crippen LogP contribution in [0, 0.1) is 0 Å². The highest BCUT2D eigenvalue weighted by atomic mass is 79.9. The van der Waals surface area contributed by atoms with Crippen molar-refractivity contribution in [3.05, 3.63) is 28.2 Å². The summed E-state index contributed by atoms with van der Waals surface area (Å²) in [5.74, 6) is 0. The molecule has 19 heavy (non-hydrogen) atoms. The highest BCUT2D eigenvalue weighted by Gasteiger charge is 2.31. The third-order valence-electron chi connectivity index (χ3n) is 3.37. The molecule has 0 bridgehead atoms. The first-order chi connectivity index (χ1) is 8.78. The van der Waals surface area contributed by atoms with E-state index in [9.17, 15) is 5.11 Å². The van der Waals surface area contributed by atoms with Crippen LogP contribution in [0.5, 0.6) is 0 Å². The average Bonchev–Trinajstić information content (AvgIpc) is 2.25. The van der Waals surface area contributed by atoms with Crippen molar-refractivity contribution in [1.29, 1.82) is 0 Å². The van der Waals surface area contributed by atoms with Gasteiger partial charge in [-0.1, -0.05) is 22.0 Å². The summed E-state index contributed by atoms with van der Waals surface area (Å²) >= 11 is 3.54. The summed E-state index contributed by atoms with van der Waals surface area (Å²) in [6.45, 7) is 9.89. The highest BCUT2D eigenvalue weighted by Crippen LogP contribution is 2.31. The van der Waals surface area contributed by atoms with Crippen molar-refractivity contribution in [2.24, 2.45) is 0 Å². The van der Waals surface area contributed by atoms with Gasteiger partial charge in [0.1, 0.15) is 0 Å². The predicted octanol–water partition coefficient (Wildman–Crippen LogP) is 3.51. The third-order valence-corrected chi connectivity index (χ3v) is 4.06. The summed E-state index contributed by atoms with van der Waals surface area (Å²) in [6, 6.07) is 6.13. The van der Waals surface area contributed by atoms with Crippen molar-refractivity contribution in [1.82, 2.24) is 0 Å². The summed E-state index contributed by atoms with van der Waals surface area (Å²) in [6.07, 6.45) is -0.234. The molecule has 1 saturated heterocycles. The molecule has 2 rings (SSSR count). The van der Waals surface area contributed by atoms with E-state index in [1.54, 1.807) is 6.92 Å². The van der Waals surface area contributed by atoms with E-state index < -0.39 is 6.10 Å². The molecule has 1 aliphatic rings. The zero-order valence-electron chi connectivity index (χ0n) is 12.0. The molecule has 0 aliphatic carbocycles. The van der Waals surface area contributed by atoms with Gasteiger partial charge in [0, 0.05) is 23.2 Å². The molecule has 0 aromatic heterocycles. The predicted molar refractivity (Wildman–Crippen MR) is 81.6 cm³/mol. The number of nitrogens with zero attached hydrogens (tertiary/aromatic N) is 1. The molecule has 2 atom stereocenters. The molecule has 0 radical (unpaired) electrons. The molecule has 2 unspecified atom stereocenters. The number of rotatable bonds is 2. The van der Waals surface area contributed by atoms with Gasteiger partial charge in [-0.3, -0.25) is 0 Å². The van der Waals surface area contributed by atoms with Crippen LogP contribution in [0.25, 0.3) is 0 Å². The number of hydrogen-bond acceptors (Lipinski definition) is 3. The smallest absolute Gasteiger partial charge is 0.0805 e. The van der Waals surface area contributed by atoms with Gasteiger partial charge in [0.05, 0.1) is 17.8 Å². The SMILES string of the molecule is CC1CN(c2ccc(C(C)O)c(Br)c2)CC(C)(C)O1. The minimum atomic E-state index is -0.455. The number of anilines is 1. The highest BCUT2D eigenvalue weighted by molar-refractivity contribution is 9.10. The maximum Gasteiger partial charge on any atom is 0.0805 e. The van der Waals surface area contributed by atoms with E-state index in [0.29, 0.717) is 0 Å². The Labute approximate surface area is 123 Å². The van der Waals surface area contributed by atoms with E-state index >= 15 is 0 Å². The van der Waals surface area contributed by atoms with Crippen LogP contribution in [0.4, 0.5) is 5.69 Å². The van der Waals surface area contributed by atoms with Gasteiger partial charge in [0.25, 0.3) is 0 Å². The van der Waals surface area contributed by atoms with Gasteiger partial charge in [-0.05, 0) is 45.4 Å². The largest absolute Gasteiger partial charge is 0.389 e. The molecule has 4 heteroatoms.